The van der Waals surface area contributed by atoms with Crippen molar-refractivity contribution in [3.8, 4) is 0 Å². The average Bonchev–Trinajstić information content (AvgIpc) is 2.13. The highest BCUT2D eigenvalue weighted by molar-refractivity contribution is 5.87. The fourth-order valence-electron chi connectivity index (χ4n) is 1.22. The highest BCUT2D eigenvalue weighted by Crippen LogP contribution is 2.30. The number of pyridine rings is 1. The zero-order valence-electron chi connectivity index (χ0n) is 7.51. The highest BCUT2D eigenvalue weighted by Gasteiger charge is 2.29. The minimum absolute atomic E-state index is 0.134. The molecule has 0 atom stereocenters. The molecule has 1 aliphatic heterocycles. The standard InChI is InChI=1S/C9H9NO4/c1-5-13-9(14-5)7-2-6(8(11)12)3-10-4-7/h2-5,9H,1H3,(H,11,12). The number of carbonyl (C=O) groups is 1. The molecule has 14 heavy (non-hydrogen) atoms. The van der Waals surface area contributed by atoms with E-state index in [1.807, 2.05) is 0 Å². The minimum Gasteiger partial charge on any atom is -0.478 e. The largest absolute Gasteiger partial charge is 0.478 e. The first kappa shape index (κ1) is 9.11. The molecule has 0 amide bonds. The summed E-state index contributed by atoms with van der Waals surface area (Å²) in [6.07, 6.45) is 2.11. The van der Waals surface area contributed by atoms with Gasteiger partial charge in [0.2, 0.25) is 0 Å². The van der Waals surface area contributed by atoms with Gasteiger partial charge in [-0.2, -0.15) is 0 Å². The molecule has 1 aliphatic rings. The smallest absolute Gasteiger partial charge is 0.337 e. The molecule has 0 saturated carbocycles. The van der Waals surface area contributed by atoms with E-state index in [0.29, 0.717) is 5.56 Å². The van der Waals surface area contributed by atoms with Gasteiger partial charge < -0.3 is 14.6 Å². The third-order valence-electron chi connectivity index (χ3n) is 1.91. The van der Waals surface area contributed by atoms with E-state index in [4.69, 9.17) is 14.6 Å². The third-order valence-corrected chi connectivity index (χ3v) is 1.91. The summed E-state index contributed by atoms with van der Waals surface area (Å²) in [6.45, 7) is 1.77. The van der Waals surface area contributed by atoms with Crippen LogP contribution in [-0.4, -0.2) is 22.3 Å². The van der Waals surface area contributed by atoms with E-state index in [-0.39, 0.29) is 11.9 Å². The Hall–Kier alpha value is -1.46. The van der Waals surface area contributed by atoms with Crippen LogP contribution in [-0.2, 0) is 9.47 Å². The topological polar surface area (TPSA) is 68.7 Å². The summed E-state index contributed by atoms with van der Waals surface area (Å²) in [5.41, 5.74) is 0.761. The van der Waals surface area contributed by atoms with Crippen molar-refractivity contribution in [2.75, 3.05) is 0 Å². The van der Waals surface area contributed by atoms with Crippen molar-refractivity contribution in [3.05, 3.63) is 29.6 Å². The lowest BCUT2D eigenvalue weighted by atomic mass is 10.2. The van der Waals surface area contributed by atoms with Crippen LogP contribution in [0.15, 0.2) is 18.5 Å². The van der Waals surface area contributed by atoms with Crippen molar-refractivity contribution in [3.63, 3.8) is 0 Å². The Morgan fingerprint density at radius 1 is 1.50 bits per heavy atom. The van der Waals surface area contributed by atoms with Gasteiger partial charge in [-0.05, 0) is 13.0 Å². The van der Waals surface area contributed by atoms with Crippen LogP contribution in [0.3, 0.4) is 0 Å². The van der Waals surface area contributed by atoms with Gasteiger partial charge in [-0.3, -0.25) is 4.98 Å². The van der Waals surface area contributed by atoms with Crippen LogP contribution in [0.25, 0.3) is 0 Å². The van der Waals surface area contributed by atoms with Crippen LogP contribution >= 0.6 is 0 Å². The molecule has 0 aliphatic carbocycles. The van der Waals surface area contributed by atoms with E-state index in [9.17, 15) is 4.79 Å². The predicted molar refractivity (Wildman–Crippen MR) is 45.6 cm³/mol. The van der Waals surface area contributed by atoms with Crippen molar-refractivity contribution in [1.82, 2.24) is 4.98 Å². The van der Waals surface area contributed by atoms with E-state index in [1.165, 1.54) is 18.5 Å². The summed E-state index contributed by atoms with van der Waals surface area (Å²) in [4.78, 5) is 14.4. The van der Waals surface area contributed by atoms with Gasteiger partial charge in [-0.15, -0.1) is 0 Å². The van der Waals surface area contributed by atoms with Gasteiger partial charge in [0.05, 0.1) is 5.56 Å². The molecule has 5 nitrogen and oxygen atoms in total. The molecule has 0 bridgehead atoms. The lowest BCUT2D eigenvalue weighted by molar-refractivity contribution is -0.382. The van der Waals surface area contributed by atoms with Crippen molar-refractivity contribution < 1.29 is 19.4 Å². The SMILES string of the molecule is CC1OC(c2cncc(C(=O)O)c2)O1. The minimum atomic E-state index is -1.01. The molecule has 0 unspecified atom stereocenters. The second-order valence-electron chi connectivity index (χ2n) is 2.98. The third kappa shape index (κ3) is 1.59. The molecule has 0 spiro atoms. The monoisotopic (exact) mass is 195 g/mol. The zero-order valence-corrected chi connectivity index (χ0v) is 7.51. The van der Waals surface area contributed by atoms with Crippen LogP contribution in [0.2, 0.25) is 0 Å². The fraction of sp³-hybridized carbons (Fsp3) is 0.333. The van der Waals surface area contributed by atoms with Crippen LogP contribution in [0.1, 0.15) is 29.1 Å². The molecule has 2 heterocycles. The van der Waals surface area contributed by atoms with Crippen molar-refractivity contribution in [2.24, 2.45) is 0 Å². The van der Waals surface area contributed by atoms with Crippen LogP contribution in [0, 0.1) is 0 Å². The molecule has 2 rings (SSSR count). The molecule has 1 N–H and O–H groups in total. The van der Waals surface area contributed by atoms with Gasteiger partial charge in [0.15, 0.2) is 12.6 Å². The maximum atomic E-state index is 10.6. The first-order valence-corrected chi connectivity index (χ1v) is 4.16. The fourth-order valence-corrected chi connectivity index (χ4v) is 1.22. The highest BCUT2D eigenvalue weighted by atomic mass is 16.9. The lowest BCUT2D eigenvalue weighted by Crippen LogP contribution is -2.31. The van der Waals surface area contributed by atoms with E-state index in [1.54, 1.807) is 6.92 Å². The summed E-state index contributed by atoms with van der Waals surface area (Å²) in [5.74, 6) is -1.01. The van der Waals surface area contributed by atoms with Gasteiger partial charge in [0, 0.05) is 18.0 Å². The molecular weight excluding hydrogens is 186 g/mol. The number of aromatic carboxylic acids is 1. The number of nitrogens with zero attached hydrogens (tertiary/aromatic N) is 1. The van der Waals surface area contributed by atoms with E-state index in [2.05, 4.69) is 4.98 Å². The van der Waals surface area contributed by atoms with Gasteiger partial charge in [0.25, 0.3) is 0 Å². The Kier molecular flexibility index (Phi) is 2.18. The normalized spacial score (nSPS) is 25.5. The Morgan fingerprint density at radius 3 is 2.79 bits per heavy atom. The molecule has 1 aromatic rings. The van der Waals surface area contributed by atoms with E-state index >= 15 is 0 Å². The second kappa shape index (κ2) is 3.36. The van der Waals surface area contributed by atoms with Gasteiger partial charge >= 0.3 is 5.97 Å². The summed E-state index contributed by atoms with van der Waals surface area (Å²) < 4.78 is 10.4. The van der Waals surface area contributed by atoms with Gasteiger partial charge in [0.1, 0.15) is 0 Å². The molecule has 0 radical (unpaired) electrons. The number of hydrogen-bond donors (Lipinski definition) is 1. The van der Waals surface area contributed by atoms with Gasteiger partial charge in [-0.25, -0.2) is 4.79 Å². The predicted octanol–water partition coefficient (Wildman–Crippen LogP) is 1.17. The average molecular weight is 195 g/mol. The van der Waals surface area contributed by atoms with E-state index in [0.717, 1.165) is 0 Å². The lowest BCUT2D eigenvalue weighted by Gasteiger charge is -2.33. The first-order valence-electron chi connectivity index (χ1n) is 4.16. The molecule has 1 aromatic heterocycles. The van der Waals surface area contributed by atoms with E-state index < -0.39 is 12.3 Å². The molecule has 1 fully saturated rings. The van der Waals surface area contributed by atoms with Crippen LogP contribution < -0.4 is 0 Å². The Morgan fingerprint density at radius 2 is 2.21 bits per heavy atom. The summed E-state index contributed by atoms with van der Waals surface area (Å²) >= 11 is 0. The van der Waals surface area contributed by atoms with Crippen LogP contribution in [0.5, 0.6) is 0 Å². The Labute approximate surface area is 80.3 Å². The van der Waals surface area contributed by atoms with Crippen molar-refractivity contribution >= 4 is 5.97 Å². The van der Waals surface area contributed by atoms with Crippen molar-refractivity contribution in [2.45, 2.75) is 19.5 Å². The second-order valence-corrected chi connectivity index (χ2v) is 2.98. The number of hydrogen-bond acceptors (Lipinski definition) is 4. The number of carboxylic acid groups (broad SMARTS) is 1. The quantitative estimate of drug-likeness (QED) is 0.767. The van der Waals surface area contributed by atoms with Crippen LogP contribution in [0.4, 0.5) is 0 Å². The molecule has 1 saturated heterocycles. The number of ether oxygens (including phenoxy) is 2. The molecule has 0 aromatic carbocycles. The molecule has 5 heteroatoms. The zero-order chi connectivity index (χ0) is 10.1. The molecular formula is C9H9NO4. The maximum Gasteiger partial charge on any atom is 0.337 e. The summed E-state index contributed by atoms with van der Waals surface area (Å²) in [6, 6.07) is 1.49. The first-order chi connectivity index (χ1) is 6.66. The summed E-state index contributed by atoms with van der Waals surface area (Å²) in [7, 11) is 0. The summed E-state index contributed by atoms with van der Waals surface area (Å²) in [5, 5.41) is 8.71. The molecule has 74 valence electrons. The van der Waals surface area contributed by atoms with Gasteiger partial charge in [-0.1, -0.05) is 0 Å². The number of rotatable bonds is 2. The Balaban J connectivity index is 2.18. The van der Waals surface area contributed by atoms with Crippen molar-refractivity contribution in [1.29, 1.82) is 0 Å². The maximum absolute atomic E-state index is 10.6. The number of carboxylic acids is 1. The number of aromatic nitrogens is 1. The Bertz CT molecular complexity index is 360.